The minimum atomic E-state index is -1.00. The number of rotatable bonds is 7. The van der Waals surface area contributed by atoms with Crippen LogP contribution in [0.25, 0.3) is 0 Å². The molecule has 0 aromatic heterocycles. The zero-order valence-electron chi connectivity index (χ0n) is 20.1. The van der Waals surface area contributed by atoms with E-state index in [1.165, 1.54) is 14.2 Å². The first kappa shape index (κ1) is 25.9. The molecule has 0 aliphatic carbocycles. The van der Waals surface area contributed by atoms with E-state index in [1.54, 1.807) is 41.8 Å². The fourth-order valence-corrected chi connectivity index (χ4v) is 3.88. The molecule has 1 N–H and O–H groups in total. The number of benzene rings is 2. The summed E-state index contributed by atoms with van der Waals surface area (Å²) in [4.78, 5) is 41.9. The normalized spacial score (nSPS) is 14.5. The van der Waals surface area contributed by atoms with E-state index in [1.807, 2.05) is 0 Å². The molecule has 188 valence electrons. The third-order valence-electron chi connectivity index (χ3n) is 5.89. The number of nitrogens with one attached hydrogen (secondary N) is 1. The molecule has 1 aliphatic rings. The topological polar surface area (TPSA) is 88.2 Å². The molecule has 0 bridgehead atoms. The lowest BCUT2D eigenvalue weighted by molar-refractivity contribution is -0.135. The predicted octanol–water partition coefficient (Wildman–Crippen LogP) is 2.72. The zero-order valence-corrected chi connectivity index (χ0v) is 20.1. The van der Waals surface area contributed by atoms with Gasteiger partial charge in [0.2, 0.25) is 5.91 Å². The molecule has 0 spiro atoms. The number of ether oxygens (including phenoxy) is 2. The molecule has 1 fully saturated rings. The Bertz CT molecular complexity index is 1060. The third kappa shape index (κ3) is 5.87. The average Bonchev–Trinajstić information content (AvgIpc) is 2.85. The Kier molecular flexibility index (Phi) is 8.26. The van der Waals surface area contributed by atoms with Crippen molar-refractivity contribution in [2.75, 3.05) is 40.4 Å². The van der Waals surface area contributed by atoms with Crippen LogP contribution in [-0.4, -0.2) is 74.0 Å². The molecule has 2 aromatic carbocycles. The summed E-state index contributed by atoms with van der Waals surface area (Å²) in [6.07, 6.45) is 0. The van der Waals surface area contributed by atoms with Crippen LogP contribution in [-0.2, 0) is 4.79 Å². The van der Waals surface area contributed by atoms with Crippen molar-refractivity contribution in [3.05, 3.63) is 59.2 Å². The average molecular weight is 490 g/mol. The molecule has 0 saturated carbocycles. The molecule has 10 heteroatoms. The van der Waals surface area contributed by atoms with Gasteiger partial charge in [-0.1, -0.05) is 19.9 Å². The minimum absolute atomic E-state index is 0.224. The van der Waals surface area contributed by atoms with Crippen LogP contribution in [0.1, 0.15) is 34.6 Å². The van der Waals surface area contributed by atoms with Crippen LogP contribution < -0.4 is 14.8 Å². The molecule has 0 radical (unpaired) electrons. The predicted molar refractivity (Wildman–Crippen MR) is 124 cm³/mol. The van der Waals surface area contributed by atoms with Gasteiger partial charge in [-0.15, -0.1) is 0 Å². The molecule has 3 rings (SSSR count). The monoisotopic (exact) mass is 489 g/mol. The Morgan fingerprint density at radius 1 is 0.886 bits per heavy atom. The van der Waals surface area contributed by atoms with Crippen LogP contribution in [0.5, 0.6) is 11.5 Å². The van der Waals surface area contributed by atoms with Gasteiger partial charge < -0.3 is 24.6 Å². The molecule has 0 unspecified atom stereocenters. The van der Waals surface area contributed by atoms with Gasteiger partial charge in [-0.3, -0.25) is 14.4 Å². The van der Waals surface area contributed by atoms with Gasteiger partial charge in [0, 0.05) is 37.8 Å². The highest BCUT2D eigenvalue weighted by atomic mass is 19.1. The maximum absolute atomic E-state index is 14.0. The molecule has 8 nitrogen and oxygen atoms in total. The van der Waals surface area contributed by atoms with Crippen molar-refractivity contribution in [3.8, 4) is 11.5 Å². The quantitative estimate of drug-likeness (QED) is 0.646. The lowest BCUT2D eigenvalue weighted by atomic mass is 10.0. The van der Waals surface area contributed by atoms with Gasteiger partial charge in [0.1, 0.15) is 34.7 Å². The summed E-state index contributed by atoms with van der Waals surface area (Å²) in [6.45, 7) is 4.53. The van der Waals surface area contributed by atoms with Gasteiger partial charge in [0.15, 0.2) is 0 Å². The Labute approximate surface area is 202 Å². The number of amides is 3. The van der Waals surface area contributed by atoms with Crippen molar-refractivity contribution in [1.82, 2.24) is 15.1 Å². The second-order valence-electron chi connectivity index (χ2n) is 8.51. The molecule has 35 heavy (non-hydrogen) atoms. The van der Waals surface area contributed by atoms with E-state index in [-0.39, 0.29) is 43.9 Å². The van der Waals surface area contributed by atoms with Crippen molar-refractivity contribution in [1.29, 1.82) is 0 Å². The molecular formula is C25H29F2N3O5. The van der Waals surface area contributed by atoms with E-state index in [0.29, 0.717) is 17.1 Å². The smallest absolute Gasteiger partial charge is 0.257 e. The Morgan fingerprint density at radius 3 is 1.89 bits per heavy atom. The maximum atomic E-state index is 14.0. The molecule has 3 amide bonds. The third-order valence-corrected chi connectivity index (χ3v) is 5.89. The van der Waals surface area contributed by atoms with Gasteiger partial charge in [-0.05, 0) is 30.2 Å². The highest BCUT2D eigenvalue weighted by molar-refractivity contribution is 5.98. The first-order valence-corrected chi connectivity index (χ1v) is 11.2. The second-order valence-corrected chi connectivity index (χ2v) is 8.51. The van der Waals surface area contributed by atoms with Crippen LogP contribution in [0.2, 0.25) is 0 Å². The highest BCUT2D eigenvalue weighted by Crippen LogP contribution is 2.24. The second kappa shape index (κ2) is 11.2. The fourth-order valence-electron chi connectivity index (χ4n) is 3.88. The van der Waals surface area contributed by atoms with Crippen molar-refractivity contribution in [2.24, 2.45) is 5.92 Å². The summed E-state index contributed by atoms with van der Waals surface area (Å²) < 4.78 is 38.5. The highest BCUT2D eigenvalue weighted by Gasteiger charge is 2.33. The van der Waals surface area contributed by atoms with Crippen LogP contribution in [0.15, 0.2) is 36.4 Å². The van der Waals surface area contributed by atoms with Gasteiger partial charge in [-0.2, -0.15) is 0 Å². The Balaban J connectivity index is 1.67. The summed E-state index contributed by atoms with van der Waals surface area (Å²) in [5.74, 6) is -2.94. The molecular weight excluding hydrogens is 460 g/mol. The Morgan fingerprint density at radius 2 is 1.40 bits per heavy atom. The molecule has 2 aromatic rings. The number of carbonyl (C=O) groups excluding carboxylic acids is 3. The van der Waals surface area contributed by atoms with Gasteiger partial charge in [0.25, 0.3) is 11.8 Å². The number of piperazine rings is 1. The van der Waals surface area contributed by atoms with E-state index < -0.39 is 29.1 Å². The van der Waals surface area contributed by atoms with E-state index in [4.69, 9.17) is 9.47 Å². The van der Waals surface area contributed by atoms with Crippen LogP contribution >= 0.6 is 0 Å². The number of methoxy groups -OCH3 is 2. The summed E-state index contributed by atoms with van der Waals surface area (Å²) in [5.41, 5.74) is -0.324. The van der Waals surface area contributed by atoms with Gasteiger partial charge in [-0.25, -0.2) is 8.78 Å². The van der Waals surface area contributed by atoms with Crippen molar-refractivity contribution < 1.29 is 32.6 Å². The maximum Gasteiger partial charge on any atom is 0.257 e. The van der Waals surface area contributed by atoms with Gasteiger partial charge >= 0.3 is 0 Å². The van der Waals surface area contributed by atoms with Crippen LogP contribution in [0, 0.1) is 17.6 Å². The first-order chi connectivity index (χ1) is 16.7. The Hall–Kier alpha value is -3.69. The van der Waals surface area contributed by atoms with E-state index >= 15 is 0 Å². The van der Waals surface area contributed by atoms with E-state index in [9.17, 15) is 23.2 Å². The molecule has 1 atom stereocenters. The van der Waals surface area contributed by atoms with Crippen LogP contribution in [0.3, 0.4) is 0 Å². The van der Waals surface area contributed by atoms with Crippen molar-refractivity contribution in [3.63, 3.8) is 0 Å². The van der Waals surface area contributed by atoms with Crippen LogP contribution in [0.4, 0.5) is 8.78 Å². The van der Waals surface area contributed by atoms with E-state index in [2.05, 4.69) is 5.32 Å². The standard InChI is InChI=1S/C25H29F2N3O5/c1-15(2)22(28-23(31)21-19(26)6-5-7-20(21)27)25(33)30-10-8-29(9-11-30)24(32)16-12-17(34-3)14-18(13-16)35-4/h5-7,12-15,22H,8-11H2,1-4H3,(H,28,31)/t22-/m0/s1. The largest absolute Gasteiger partial charge is 0.497 e. The van der Waals surface area contributed by atoms with Gasteiger partial charge in [0.05, 0.1) is 14.2 Å². The zero-order chi connectivity index (χ0) is 25.7. The molecule has 1 saturated heterocycles. The lowest BCUT2D eigenvalue weighted by Gasteiger charge is -2.37. The minimum Gasteiger partial charge on any atom is -0.497 e. The number of hydrogen-bond donors (Lipinski definition) is 1. The first-order valence-electron chi connectivity index (χ1n) is 11.2. The number of hydrogen-bond acceptors (Lipinski definition) is 5. The summed E-state index contributed by atoms with van der Waals surface area (Å²) >= 11 is 0. The number of halogens is 2. The number of nitrogens with zero attached hydrogens (tertiary/aromatic N) is 2. The fraction of sp³-hybridized carbons (Fsp3) is 0.400. The SMILES string of the molecule is COc1cc(OC)cc(C(=O)N2CCN(C(=O)[C@@H](NC(=O)c3c(F)cccc3F)C(C)C)CC2)c1. The molecule has 1 aliphatic heterocycles. The van der Waals surface area contributed by atoms with Crippen molar-refractivity contribution in [2.45, 2.75) is 19.9 Å². The summed E-state index contributed by atoms with van der Waals surface area (Å²) in [7, 11) is 3.00. The van der Waals surface area contributed by atoms with Crippen molar-refractivity contribution >= 4 is 17.7 Å². The number of carbonyl (C=O) groups is 3. The summed E-state index contributed by atoms with van der Waals surface area (Å²) in [5, 5.41) is 2.48. The lowest BCUT2D eigenvalue weighted by Crippen LogP contribution is -2.57. The summed E-state index contributed by atoms with van der Waals surface area (Å²) in [6, 6.07) is 7.06. The molecule has 1 heterocycles. The van der Waals surface area contributed by atoms with E-state index in [0.717, 1.165) is 18.2 Å².